The quantitative estimate of drug-likeness (QED) is 0.186. The molecule has 1 aliphatic heterocycles. The fraction of sp³-hybridized carbons (Fsp3) is 0.500. The van der Waals surface area contributed by atoms with Gasteiger partial charge in [0.2, 0.25) is 0 Å². The first kappa shape index (κ1) is 29.5. The molecule has 0 unspecified atom stereocenters. The van der Waals surface area contributed by atoms with Gasteiger partial charge in [-0.25, -0.2) is 0 Å². The molecule has 1 heterocycles. The Morgan fingerprint density at radius 2 is 1.42 bits per heavy atom. The molecule has 0 bridgehead atoms. The summed E-state index contributed by atoms with van der Waals surface area (Å²) in [4.78, 5) is 17.3. The van der Waals surface area contributed by atoms with Crippen molar-refractivity contribution in [2.45, 2.75) is 90.5 Å². The largest absolute Gasteiger partial charge is 0.494 e. The number of carbonyl (C=O) groups is 1. The number of carbonyl (C=O) groups excluding carboxylic acids is 1. The van der Waals surface area contributed by atoms with Gasteiger partial charge in [-0.15, -0.1) is 0 Å². The molecule has 0 N–H and O–H groups in total. The maximum atomic E-state index is 13.4. The lowest BCUT2D eigenvalue weighted by Crippen LogP contribution is -2.35. The van der Waals surface area contributed by atoms with E-state index in [1.165, 1.54) is 70.6 Å². The third-order valence-corrected chi connectivity index (χ3v) is 7.18. The van der Waals surface area contributed by atoms with Crippen LogP contribution >= 0.6 is 0 Å². The molecule has 0 aliphatic carbocycles. The van der Waals surface area contributed by atoms with Crippen LogP contribution in [-0.2, 0) is 11.3 Å². The van der Waals surface area contributed by atoms with Crippen molar-refractivity contribution in [2.24, 2.45) is 0 Å². The average Bonchev–Trinajstić information content (AvgIpc) is 2.95. The Morgan fingerprint density at radius 1 is 0.816 bits per heavy atom. The fourth-order valence-corrected chi connectivity index (χ4v) is 4.89. The Balaban J connectivity index is 1.37. The summed E-state index contributed by atoms with van der Waals surface area (Å²) >= 11 is 0. The van der Waals surface area contributed by atoms with Crippen LogP contribution in [-0.4, -0.2) is 31.0 Å². The van der Waals surface area contributed by atoms with Crippen molar-refractivity contribution in [3.05, 3.63) is 84.1 Å². The molecular formula is C34H48N2O2. The molecule has 206 valence electrons. The number of amides is 1. The van der Waals surface area contributed by atoms with Gasteiger partial charge in [0.1, 0.15) is 5.75 Å². The predicted molar refractivity (Wildman–Crippen MR) is 160 cm³/mol. The summed E-state index contributed by atoms with van der Waals surface area (Å²) in [7, 11) is 1.99. The topological polar surface area (TPSA) is 32.8 Å². The van der Waals surface area contributed by atoms with Crippen molar-refractivity contribution in [1.29, 1.82) is 0 Å². The molecule has 0 saturated carbocycles. The molecule has 0 atom stereocenters. The van der Waals surface area contributed by atoms with E-state index in [1.54, 1.807) is 0 Å². The van der Waals surface area contributed by atoms with Gasteiger partial charge in [0, 0.05) is 24.9 Å². The number of para-hydroxylation sites is 1. The van der Waals surface area contributed by atoms with Crippen molar-refractivity contribution in [3.63, 3.8) is 0 Å². The number of anilines is 1. The smallest absolute Gasteiger partial charge is 0.256 e. The van der Waals surface area contributed by atoms with Crippen LogP contribution in [0.1, 0.15) is 89.5 Å². The number of allylic oxidation sites excluding steroid dienone is 2. The first-order valence-corrected chi connectivity index (χ1v) is 14.8. The van der Waals surface area contributed by atoms with E-state index in [1.807, 2.05) is 77.7 Å². The Morgan fingerprint density at radius 3 is 2.03 bits per heavy atom. The minimum absolute atomic E-state index is 0.0414. The number of ether oxygens (including phenoxy) is 1. The summed E-state index contributed by atoms with van der Waals surface area (Å²) in [5.74, 6) is 0.941. The van der Waals surface area contributed by atoms with Gasteiger partial charge < -0.3 is 14.5 Å². The second-order valence-electron chi connectivity index (χ2n) is 10.6. The van der Waals surface area contributed by atoms with Crippen LogP contribution in [0, 0.1) is 0 Å². The van der Waals surface area contributed by atoms with Crippen molar-refractivity contribution >= 4 is 11.6 Å². The van der Waals surface area contributed by atoms with Crippen LogP contribution in [0.25, 0.3) is 0 Å². The Hall–Kier alpha value is -3.01. The van der Waals surface area contributed by atoms with E-state index >= 15 is 0 Å². The van der Waals surface area contributed by atoms with Gasteiger partial charge in [0.15, 0.2) is 0 Å². The van der Waals surface area contributed by atoms with E-state index < -0.39 is 0 Å². The van der Waals surface area contributed by atoms with Crippen molar-refractivity contribution < 1.29 is 9.53 Å². The van der Waals surface area contributed by atoms with Crippen molar-refractivity contribution in [3.8, 4) is 5.75 Å². The molecule has 0 radical (unpaired) electrons. The molecule has 2 aromatic rings. The normalized spacial score (nSPS) is 12.9. The first-order valence-electron chi connectivity index (χ1n) is 14.8. The number of benzene rings is 2. The van der Waals surface area contributed by atoms with Crippen molar-refractivity contribution in [1.82, 2.24) is 4.90 Å². The molecule has 2 aromatic carbocycles. The van der Waals surface area contributed by atoms with E-state index in [2.05, 4.69) is 19.1 Å². The van der Waals surface area contributed by atoms with E-state index in [0.29, 0.717) is 13.1 Å². The maximum Gasteiger partial charge on any atom is 0.256 e. The van der Waals surface area contributed by atoms with Gasteiger partial charge in [-0.05, 0) is 48.5 Å². The summed E-state index contributed by atoms with van der Waals surface area (Å²) in [5, 5.41) is 0. The van der Waals surface area contributed by atoms with Crippen LogP contribution in [0.15, 0.2) is 78.5 Å². The third kappa shape index (κ3) is 10.8. The highest BCUT2D eigenvalue weighted by Gasteiger charge is 2.21. The molecule has 0 fully saturated rings. The lowest BCUT2D eigenvalue weighted by molar-refractivity contribution is -0.115. The maximum absolute atomic E-state index is 13.4. The minimum Gasteiger partial charge on any atom is -0.494 e. The van der Waals surface area contributed by atoms with Crippen LogP contribution < -0.4 is 9.64 Å². The summed E-state index contributed by atoms with van der Waals surface area (Å²) in [6.07, 6.45) is 22.0. The third-order valence-electron chi connectivity index (χ3n) is 7.18. The van der Waals surface area contributed by atoms with Crippen LogP contribution in [0.2, 0.25) is 0 Å². The Labute approximate surface area is 231 Å². The van der Waals surface area contributed by atoms with E-state index in [-0.39, 0.29) is 5.91 Å². The van der Waals surface area contributed by atoms with Crippen molar-refractivity contribution in [2.75, 3.05) is 25.1 Å². The number of nitrogens with zero attached hydrogens (tertiary/aromatic N) is 2. The van der Waals surface area contributed by atoms with Crippen LogP contribution in [0.5, 0.6) is 5.75 Å². The van der Waals surface area contributed by atoms with Gasteiger partial charge >= 0.3 is 0 Å². The lowest BCUT2D eigenvalue weighted by atomic mass is 10.1. The Bertz CT molecular complexity index is 981. The number of rotatable bonds is 18. The van der Waals surface area contributed by atoms with Gasteiger partial charge in [-0.2, -0.15) is 0 Å². The van der Waals surface area contributed by atoms with E-state index in [9.17, 15) is 4.79 Å². The predicted octanol–water partition coefficient (Wildman–Crippen LogP) is 8.69. The number of hydrogen-bond acceptors (Lipinski definition) is 3. The number of hydrogen-bond donors (Lipinski definition) is 0. The monoisotopic (exact) mass is 516 g/mol. The highest BCUT2D eigenvalue weighted by molar-refractivity contribution is 6.06. The fourth-order valence-electron chi connectivity index (χ4n) is 4.89. The van der Waals surface area contributed by atoms with Gasteiger partial charge in [-0.1, -0.05) is 114 Å². The molecule has 0 aromatic heterocycles. The SMILES string of the molecule is CCCCCCCCCCCCCCOc1ccc(CN(C(=O)C2=CC=CN(C)C2)c2ccccc2)cc1. The summed E-state index contributed by atoms with van der Waals surface area (Å²) in [5.41, 5.74) is 2.78. The molecule has 4 heteroatoms. The standard InChI is InChI=1S/C34H48N2O2/c1-3-4-5-6-7-8-9-10-11-12-13-17-27-38-33-24-22-30(23-25-33)28-36(32-20-15-14-16-21-32)34(37)31-19-18-26-35(2)29-31/h14-16,18-26H,3-13,17,27-29H2,1-2H3. The second kappa shape index (κ2) is 17.5. The molecule has 3 rings (SSSR count). The molecule has 4 nitrogen and oxygen atoms in total. The highest BCUT2D eigenvalue weighted by atomic mass is 16.5. The summed E-state index contributed by atoms with van der Waals surface area (Å²) < 4.78 is 5.99. The van der Waals surface area contributed by atoms with Crippen LogP contribution in [0.4, 0.5) is 5.69 Å². The Kier molecular flexibility index (Phi) is 13.6. The summed E-state index contributed by atoms with van der Waals surface area (Å²) in [6.45, 7) is 4.18. The zero-order chi connectivity index (χ0) is 26.8. The number of likely N-dealkylation sites (N-methyl/N-ethyl adjacent to an activating group) is 1. The minimum atomic E-state index is 0.0414. The lowest BCUT2D eigenvalue weighted by Gasteiger charge is -2.27. The average molecular weight is 517 g/mol. The van der Waals surface area contributed by atoms with Gasteiger partial charge in [0.05, 0.1) is 13.2 Å². The van der Waals surface area contributed by atoms with Gasteiger partial charge in [0.25, 0.3) is 5.91 Å². The second-order valence-corrected chi connectivity index (χ2v) is 10.6. The first-order chi connectivity index (χ1) is 18.7. The molecular weight excluding hydrogens is 468 g/mol. The zero-order valence-corrected chi connectivity index (χ0v) is 23.7. The van der Waals surface area contributed by atoms with E-state index in [0.717, 1.165) is 35.6 Å². The number of unbranched alkanes of at least 4 members (excludes halogenated alkanes) is 11. The molecule has 1 aliphatic rings. The van der Waals surface area contributed by atoms with E-state index in [4.69, 9.17) is 4.74 Å². The molecule has 1 amide bonds. The molecule has 0 saturated heterocycles. The van der Waals surface area contributed by atoms with Gasteiger partial charge in [-0.3, -0.25) is 4.79 Å². The van der Waals surface area contributed by atoms with Crippen LogP contribution in [0.3, 0.4) is 0 Å². The highest BCUT2D eigenvalue weighted by Crippen LogP contribution is 2.22. The zero-order valence-electron chi connectivity index (χ0n) is 23.7. The summed E-state index contributed by atoms with van der Waals surface area (Å²) in [6, 6.07) is 18.1. The molecule has 38 heavy (non-hydrogen) atoms. The molecule has 0 spiro atoms.